The van der Waals surface area contributed by atoms with Crippen molar-refractivity contribution in [2.24, 2.45) is 7.05 Å². The first-order valence-corrected chi connectivity index (χ1v) is 6.09. The lowest BCUT2D eigenvalue weighted by molar-refractivity contribution is 0.0733. The molecule has 1 unspecified atom stereocenters. The van der Waals surface area contributed by atoms with E-state index in [0.29, 0.717) is 11.4 Å². The fraction of sp³-hybridized carbons (Fsp3) is 0.286. The van der Waals surface area contributed by atoms with Gasteiger partial charge in [-0.15, -0.1) is 0 Å². The number of anilines is 1. The van der Waals surface area contributed by atoms with Gasteiger partial charge in [0.15, 0.2) is 0 Å². The van der Waals surface area contributed by atoms with Crippen LogP contribution < -0.4 is 5.73 Å². The van der Waals surface area contributed by atoms with E-state index in [1.807, 2.05) is 31.2 Å². The number of nitrogens with zero attached hydrogens (tertiary/aromatic N) is 3. The number of nitrogens with two attached hydrogens (primary N) is 1. The molecule has 1 atom stereocenters. The van der Waals surface area contributed by atoms with Crippen molar-refractivity contribution in [1.29, 1.82) is 0 Å². The van der Waals surface area contributed by atoms with Gasteiger partial charge in [-0.3, -0.25) is 4.79 Å². The van der Waals surface area contributed by atoms with E-state index in [1.165, 1.54) is 0 Å². The number of carbonyl (C=O) groups excluding carboxylic acids is 1. The minimum absolute atomic E-state index is 0.0501. The second-order valence-corrected chi connectivity index (χ2v) is 4.65. The highest BCUT2D eigenvalue weighted by Gasteiger charge is 2.21. The van der Waals surface area contributed by atoms with Crippen LogP contribution in [-0.4, -0.2) is 27.4 Å². The number of imidazole rings is 1. The fourth-order valence-corrected chi connectivity index (χ4v) is 1.96. The molecule has 1 aromatic heterocycles. The van der Waals surface area contributed by atoms with Crippen LogP contribution in [0.5, 0.6) is 0 Å². The normalized spacial score (nSPS) is 12.2. The molecule has 1 heterocycles. The van der Waals surface area contributed by atoms with E-state index >= 15 is 0 Å². The largest absolute Gasteiger partial charge is 0.399 e. The number of nitrogen functional groups attached to an aromatic ring is 1. The van der Waals surface area contributed by atoms with Crippen LogP contribution >= 0.6 is 0 Å². The number of amides is 1. The summed E-state index contributed by atoms with van der Waals surface area (Å²) in [4.78, 5) is 18.0. The molecule has 2 aromatic rings. The second-order valence-electron chi connectivity index (χ2n) is 4.65. The number of hydrogen-bond acceptors (Lipinski definition) is 3. The van der Waals surface area contributed by atoms with Crippen LogP contribution in [0.25, 0.3) is 0 Å². The average molecular weight is 258 g/mol. The Bertz CT molecular complexity index is 591. The highest BCUT2D eigenvalue weighted by Crippen LogP contribution is 2.22. The molecule has 0 radical (unpaired) electrons. The molecule has 2 N–H and O–H groups in total. The zero-order chi connectivity index (χ0) is 14.0. The number of aromatic nitrogens is 2. The minimum Gasteiger partial charge on any atom is -0.399 e. The predicted octanol–water partition coefficient (Wildman–Crippen LogP) is 1.84. The number of hydrogen-bond donors (Lipinski definition) is 1. The Hall–Kier alpha value is -2.30. The molecule has 1 aromatic carbocycles. The average Bonchev–Trinajstić information content (AvgIpc) is 2.82. The Morgan fingerprint density at radius 3 is 2.79 bits per heavy atom. The Morgan fingerprint density at radius 1 is 1.47 bits per heavy atom. The molecule has 100 valence electrons. The zero-order valence-corrected chi connectivity index (χ0v) is 11.4. The van der Waals surface area contributed by atoms with Gasteiger partial charge < -0.3 is 15.2 Å². The number of aryl methyl sites for hydroxylation is 1. The lowest BCUT2D eigenvalue weighted by Crippen LogP contribution is -2.31. The van der Waals surface area contributed by atoms with E-state index in [9.17, 15) is 4.79 Å². The minimum atomic E-state index is -0.0603. The topological polar surface area (TPSA) is 64.2 Å². The highest BCUT2D eigenvalue weighted by molar-refractivity contribution is 5.92. The van der Waals surface area contributed by atoms with E-state index in [-0.39, 0.29) is 11.9 Å². The summed E-state index contributed by atoms with van der Waals surface area (Å²) < 4.78 is 1.71. The molecule has 5 nitrogen and oxygen atoms in total. The summed E-state index contributed by atoms with van der Waals surface area (Å²) in [6.45, 7) is 1.98. The Kier molecular flexibility index (Phi) is 3.55. The third kappa shape index (κ3) is 2.59. The number of rotatable bonds is 3. The molecule has 19 heavy (non-hydrogen) atoms. The van der Waals surface area contributed by atoms with Crippen molar-refractivity contribution in [2.45, 2.75) is 13.0 Å². The summed E-state index contributed by atoms with van der Waals surface area (Å²) in [5.74, 6) is -0.0603. The summed E-state index contributed by atoms with van der Waals surface area (Å²) in [5, 5.41) is 0. The molecule has 0 spiro atoms. The van der Waals surface area contributed by atoms with Crippen LogP contribution in [0.2, 0.25) is 0 Å². The SMILES string of the molecule is CC(c1cccc(N)c1)N(C)C(=O)c1cncn1C. The fourth-order valence-electron chi connectivity index (χ4n) is 1.96. The monoisotopic (exact) mass is 258 g/mol. The molecule has 0 saturated heterocycles. The molecule has 0 fully saturated rings. The van der Waals surface area contributed by atoms with E-state index in [1.54, 1.807) is 36.1 Å². The summed E-state index contributed by atoms with van der Waals surface area (Å²) in [6, 6.07) is 7.53. The smallest absolute Gasteiger partial charge is 0.272 e. The highest BCUT2D eigenvalue weighted by atomic mass is 16.2. The summed E-state index contributed by atoms with van der Waals surface area (Å²) in [6.07, 6.45) is 3.19. The van der Waals surface area contributed by atoms with E-state index in [0.717, 1.165) is 5.56 Å². The van der Waals surface area contributed by atoms with Crippen LogP contribution in [0.1, 0.15) is 29.0 Å². The van der Waals surface area contributed by atoms with Crippen molar-refractivity contribution < 1.29 is 4.79 Å². The Morgan fingerprint density at radius 2 is 2.21 bits per heavy atom. The van der Waals surface area contributed by atoms with E-state index in [4.69, 9.17) is 5.73 Å². The molecule has 5 heteroatoms. The van der Waals surface area contributed by atoms with Gasteiger partial charge in [0.2, 0.25) is 0 Å². The van der Waals surface area contributed by atoms with Crippen molar-refractivity contribution in [1.82, 2.24) is 14.5 Å². The molecule has 0 aliphatic carbocycles. The quantitative estimate of drug-likeness (QED) is 0.854. The van der Waals surface area contributed by atoms with Gasteiger partial charge in [0.05, 0.1) is 18.6 Å². The molecular formula is C14H18N4O. The Labute approximate surface area is 112 Å². The Balaban J connectivity index is 2.22. The first kappa shape index (κ1) is 13.1. The maximum Gasteiger partial charge on any atom is 0.272 e. The van der Waals surface area contributed by atoms with Gasteiger partial charge in [0.1, 0.15) is 5.69 Å². The van der Waals surface area contributed by atoms with Gasteiger partial charge in [-0.05, 0) is 24.6 Å². The van der Waals surface area contributed by atoms with Crippen LogP contribution in [0.3, 0.4) is 0 Å². The zero-order valence-electron chi connectivity index (χ0n) is 11.4. The molecular weight excluding hydrogens is 240 g/mol. The summed E-state index contributed by atoms with van der Waals surface area (Å²) >= 11 is 0. The second kappa shape index (κ2) is 5.14. The van der Waals surface area contributed by atoms with Crippen LogP contribution in [0.15, 0.2) is 36.8 Å². The van der Waals surface area contributed by atoms with Gasteiger partial charge in [-0.2, -0.15) is 0 Å². The standard InChI is InChI=1S/C14H18N4O/c1-10(11-5-4-6-12(15)7-11)18(3)14(19)13-8-16-9-17(13)2/h4-10H,15H2,1-3H3. The van der Waals surface area contributed by atoms with E-state index < -0.39 is 0 Å². The van der Waals surface area contributed by atoms with Gasteiger partial charge in [-0.25, -0.2) is 4.98 Å². The summed E-state index contributed by atoms with van der Waals surface area (Å²) in [7, 11) is 3.59. The van der Waals surface area contributed by atoms with Gasteiger partial charge in [0.25, 0.3) is 5.91 Å². The van der Waals surface area contributed by atoms with Crippen molar-refractivity contribution in [2.75, 3.05) is 12.8 Å². The van der Waals surface area contributed by atoms with Crippen molar-refractivity contribution in [3.63, 3.8) is 0 Å². The summed E-state index contributed by atoms with van der Waals surface area (Å²) in [5.41, 5.74) is 8.05. The number of benzene rings is 1. The lowest BCUT2D eigenvalue weighted by atomic mass is 10.1. The molecule has 0 bridgehead atoms. The molecule has 0 saturated carbocycles. The van der Waals surface area contributed by atoms with Crippen molar-refractivity contribution in [3.05, 3.63) is 48.0 Å². The van der Waals surface area contributed by atoms with Crippen molar-refractivity contribution >= 4 is 11.6 Å². The first-order valence-electron chi connectivity index (χ1n) is 6.09. The maximum atomic E-state index is 12.4. The van der Waals surface area contributed by atoms with Crippen LogP contribution in [0.4, 0.5) is 5.69 Å². The predicted molar refractivity (Wildman–Crippen MR) is 74.6 cm³/mol. The maximum absolute atomic E-state index is 12.4. The first-order chi connectivity index (χ1) is 9.00. The number of carbonyl (C=O) groups is 1. The molecule has 0 aliphatic heterocycles. The molecule has 1 amide bonds. The van der Waals surface area contributed by atoms with Gasteiger partial charge in [-0.1, -0.05) is 12.1 Å². The van der Waals surface area contributed by atoms with Crippen molar-refractivity contribution in [3.8, 4) is 0 Å². The molecule has 2 rings (SSSR count). The third-order valence-corrected chi connectivity index (χ3v) is 3.33. The van der Waals surface area contributed by atoms with Gasteiger partial charge in [0, 0.05) is 19.8 Å². The van der Waals surface area contributed by atoms with Crippen LogP contribution in [-0.2, 0) is 7.05 Å². The third-order valence-electron chi connectivity index (χ3n) is 3.33. The molecule has 0 aliphatic rings. The van der Waals surface area contributed by atoms with Crippen LogP contribution in [0, 0.1) is 0 Å². The van der Waals surface area contributed by atoms with Gasteiger partial charge >= 0.3 is 0 Å². The van der Waals surface area contributed by atoms with E-state index in [2.05, 4.69) is 4.98 Å². The lowest BCUT2D eigenvalue weighted by Gasteiger charge is -2.25.